The van der Waals surface area contributed by atoms with E-state index >= 15 is 0 Å². The number of fused-ring (bicyclic) bond motifs is 3. The quantitative estimate of drug-likeness (QED) is 0.532. The highest BCUT2D eigenvalue weighted by atomic mass is 16.5. The van der Waals surface area contributed by atoms with Crippen molar-refractivity contribution in [1.29, 1.82) is 0 Å². The lowest BCUT2D eigenvalue weighted by atomic mass is 9.98. The molecule has 1 heterocycles. The van der Waals surface area contributed by atoms with Gasteiger partial charge in [0.2, 0.25) is 5.91 Å². The number of aromatic nitrogens is 2. The maximum atomic E-state index is 12.9. The Bertz CT molecular complexity index is 1180. The molecule has 0 saturated carbocycles. The molecule has 0 bridgehead atoms. The number of aryl methyl sites for hydroxylation is 1. The van der Waals surface area contributed by atoms with E-state index in [1.807, 2.05) is 48.5 Å². The number of carbonyl (C=O) groups is 3. The summed E-state index contributed by atoms with van der Waals surface area (Å²) in [6, 6.07) is 16.4. The van der Waals surface area contributed by atoms with Gasteiger partial charge in [-0.05, 0) is 28.3 Å². The predicted octanol–water partition coefficient (Wildman–Crippen LogP) is 2.76. The highest BCUT2D eigenvalue weighted by Gasteiger charge is 2.31. The molecule has 9 nitrogen and oxygen atoms in total. The number of aliphatic carboxylic acids is 1. The van der Waals surface area contributed by atoms with Crippen LogP contribution in [0.1, 0.15) is 29.2 Å². The number of nitrogens with one attached hydrogen (secondary N) is 1. The molecule has 0 saturated heterocycles. The van der Waals surface area contributed by atoms with E-state index in [9.17, 15) is 19.5 Å². The summed E-state index contributed by atoms with van der Waals surface area (Å²) in [6.45, 7) is 0.250. The summed E-state index contributed by atoms with van der Waals surface area (Å²) in [5.74, 6) is -1.89. The van der Waals surface area contributed by atoms with Crippen molar-refractivity contribution in [2.75, 3.05) is 13.7 Å². The Morgan fingerprint density at radius 3 is 2.26 bits per heavy atom. The standard InChI is InChI=1S/C25H26N4O5/c1-28(14-16-11-12-29(2)27-16)24(32)22(13-23(30)31)26-25(33)34-15-21-19-9-5-3-7-17(19)18-8-4-6-10-20(18)21/h3-12,21-22H,13-15H2,1-2H3,(H,26,33)(H,30,31). The highest BCUT2D eigenvalue weighted by Crippen LogP contribution is 2.44. The molecule has 1 atom stereocenters. The lowest BCUT2D eigenvalue weighted by molar-refractivity contribution is -0.142. The molecule has 9 heteroatoms. The normalized spacial score (nSPS) is 13.0. The first kappa shape index (κ1) is 23.0. The van der Waals surface area contributed by atoms with E-state index < -0.39 is 30.4 Å². The van der Waals surface area contributed by atoms with Gasteiger partial charge in [-0.3, -0.25) is 14.3 Å². The van der Waals surface area contributed by atoms with E-state index in [4.69, 9.17) is 4.74 Å². The van der Waals surface area contributed by atoms with E-state index in [-0.39, 0.29) is 19.1 Å². The number of carboxylic acids is 1. The fourth-order valence-corrected chi connectivity index (χ4v) is 4.29. The molecule has 0 spiro atoms. The minimum Gasteiger partial charge on any atom is -0.481 e. The van der Waals surface area contributed by atoms with Crippen molar-refractivity contribution in [2.24, 2.45) is 7.05 Å². The van der Waals surface area contributed by atoms with E-state index in [0.717, 1.165) is 22.3 Å². The Morgan fingerprint density at radius 2 is 1.71 bits per heavy atom. The van der Waals surface area contributed by atoms with Crippen LogP contribution in [0.5, 0.6) is 0 Å². The van der Waals surface area contributed by atoms with Crippen LogP contribution in [0.3, 0.4) is 0 Å². The first-order valence-corrected chi connectivity index (χ1v) is 10.9. The van der Waals surface area contributed by atoms with Crippen LogP contribution >= 0.6 is 0 Å². The highest BCUT2D eigenvalue weighted by molar-refractivity contribution is 5.89. The van der Waals surface area contributed by atoms with Gasteiger partial charge in [-0.15, -0.1) is 0 Å². The first-order valence-electron chi connectivity index (χ1n) is 10.9. The number of amides is 2. The maximum absolute atomic E-state index is 12.9. The third-order valence-electron chi connectivity index (χ3n) is 5.86. The second-order valence-corrected chi connectivity index (χ2v) is 8.30. The van der Waals surface area contributed by atoms with Crippen LogP contribution in [0.2, 0.25) is 0 Å². The number of hydrogen-bond donors (Lipinski definition) is 2. The molecule has 0 fully saturated rings. The number of benzene rings is 2. The third kappa shape index (κ3) is 4.93. The van der Waals surface area contributed by atoms with Crippen LogP contribution in [0.15, 0.2) is 60.8 Å². The second-order valence-electron chi connectivity index (χ2n) is 8.30. The molecule has 4 rings (SSSR count). The lowest BCUT2D eigenvalue weighted by Gasteiger charge is -2.23. The zero-order valence-corrected chi connectivity index (χ0v) is 19.0. The largest absolute Gasteiger partial charge is 0.481 e. The fraction of sp³-hybridized carbons (Fsp3) is 0.280. The van der Waals surface area contributed by atoms with Crippen LogP contribution < -0.4 is 5.32 Å². The molecule has 1 unspecified atom stereocenters. The summed E-state index contributed by atoms with van der Waals surface area (Å²) >= 11 is 0. The summed E-state index contributed by atoms with van der Waals surface area (Å²) in [5.41, 5.74) is 4.97. The summed E-state index contributed by atoms with van der Waals surface area (Å²) in [7, 11) is 3.29. The molecule has 3 aromatic rings. The van der Waals surface area contributed by atoms with Crippen LogP contribution in [0, 0.1) is 0 Å². The maximum Gasteiger partial charge on any atom is 0.407 e. The third-order valence-corrected chi connectivity index (χ3v) is 5.86. The van der Waals surface area contributed by atoms with Crippen molar-refractivity contribution in [1.82, 2.24) is 20.0 Å². The molecule has 1 aliphatic carbocycles. The molecular formula is C25H26N4O5. The van der Waals surface area contributed by atoms with Gasteiger partial charge in [0, 0.05) is 26.2 Å². The Hall–Kier alpha value is -4.14. The molecule has 0 radical (unpaired) electrons. The van der Waals surface area contributed by atoms with E-state index in [2.05, 4.69) is 10.4 Å². The van der Waals surface area contributed by atoms with Gasteiger partial charge in [0.15, 0.2) is 0 Å². The van der Waals surface area contributed by atoms with Crippen molar-refractivity contribution in [3.63, 3.8) is 0 Å². The van der Waals surface area contributed by atoms with Gasteiger partial charge in [0.05, 0.1) is 18.7 Å². The Kier molecular flexibility index (Phi) is 6.62. The molecule has 176 valence electrons. The molecule has 2 N–H and O–H groups in total. The number of nitrogens with zero attached hydrogens (tertiary/aromatic N) is 3. The van der Waals surface area contributed by atoms with Gasteiger partial charge in [-0.1, -0.05) is 48.5 Å². The molecule has 2 aromatic carbocycles. The molecule has 1 aliphatic rings. The van der Waals surface area contributed by atoms with Gasteiger partial charge in [0.1, 0.15) is 12.6 Å². The molecule has 0 aliphatic heterocycles. The number of hydrogen-bond acceptors (Lipinski definition) is 5. The van der Waals surface area contributed by atoms with Crippen LogP contribution in [-0.2, 0) is 27.9 Å². The van der Waals surface area contributed by atoms with E-state index in [0.29, 0.717) is 5.69 Å². The molecule has 1 aromatic heterocycles. The van der Waals surface area contributed by atoms with Gasteiger partial charge in [-0.2, -0.15) is 5.10 Å². The van der Waals surface area contributed by atoms with Gasteiger partial charge in [-0.25, -0.2) is 4.79 Å². The number of rotatable bonds is 8. The average Bonchev–Trinajstić information content (AvgIpc) is 3.37. The average molecular weight is 463 g/mol. The topological polar surface area (TPSA) is 114 Å². The molecular weight excluding hydrogens is 436 g/mol. The molecule has 2 amide bonds. The number of carboxylic acid groups (broad SMARTS) is 1. The van der Waals surface area contributed by atoms with Crippen molar-refractivity contribution in [2.45, 2.75) is 24.9 Å². The van der Waals surface area contributed by atoms with Crippen molar-refractivity contribution >= 4 is 18.0 Å². The fourth-order valence-electron chi connectivity index (χ4n) is 4.29. The van der Waals surface area contributed by atoms with Gasteiger partial charge in [0.25, 0.3) is 0 Å². The van der Waals surface area contributed by atoms with Gasteiger partial charge < -0.3 is 20.1 Å². The van der Waals surface area contributed by atoms with Gasteiger partial charge >= 0.3 is 12.1 Å². The SMILES string of the molecule is CN(Cc1ccn(C)n1)C(=O)C(CC(=O)O)NC(=O)OCC1c2ccccc2-c2ccccc21. The first-order chi connectivity index (χ1) is 16.3. The smallest absolute Gasteiger partial charge is 0.407 e. The van der Waals surface area contributed by atoms with E-state index in [1.165, 1.54) is 11.9 Å². The number of carbonyl (C=O) groups excluding carboxylic acids is 2. The summed E-state index contributed by atoms with van der Waals surface area (Å²) < 4.78 is 7.08. The number of alkyl carbamates (subject to hydrolysis) is 1. The Morgan fingerprint density at radius 1 is 1.09 bits per heavy atom. The minimum atomic E-state index is -1.26. The van der Waals surface area contributed by atoms with Crippen molar-refractivity contribution in [3.05, 3.63) is 77.6 Å². The minimum absolute atomic E-state index is 0.0671. The predicted molar refractivity (Wildman–Crippen MR) is 124 cm³/mol. The zero-order valence-electron chi connectivity index (χ0n) is 19.0. The summed E-state index contributed by atoms with van der Waals surface area (Å²) in [6.07, 6.45) is 0.347. The van der Waals surface area contributed by atoms with Crippen molar-refractivity contribution in [3.8, 4) is 11.1 Å². The summed E-state index contributed by atoms with van der Waals surface area (Å²) in [4.78, 5) is 38.1. The lowest BCUT2D eigenvalue weighted by Crippen LogP contribution is -2.48. The number of ether oxygens (including phenoxy) is 1. The zero-order chi connectivity index (χ0) is 24.2. The van der Waals surface area contributed by atoms with E-state index in [1.54, 1.807) is 24.0 Å². The second kappa shape index (κ2) is 9.78. The Balaban J connectivity index is 1.41. The summed E-state index contributed by atoms with van der Waals surface area (Å²) in [5, 5.41) is 15.9. The monoisotopic (exact) mass is 462 g/mol. The van der Waals surface area contributed by atoms with Crippen LogP contribution in [-0.4, -0.2) is 57.5 Å². The number of likely N-dealkylation sites (N-methyl/N-ethyl adjacent to an activating group) is 1. The van der Waals surface area contributed by atoms with Crippen LogP contribution in [0.25, 0.3) is 11.1 Å². The van der Waals surface area contributed by atoms with Crippen molar-refractivity contribution < 1.29 is 24.2 Å². The van der Waals surface area contributed by atoms with Crippen LogP contribution in [0.4, 0.5) is 4.79 Å². The Labute approximate surface area is 196 Å². The molecule has 34 heavy (non-hydrogen) atoms.